The van der Waals surface area contributed by atoms with Crippen molar-refractivity contribution in [3.63, 3.8) is 0 Å². The van der Waals surface area contributed by atoms with Crippen molar-refractivity contribution in [3.05, 3.63) is 48.6 Å². The molecule has 57 heavy (non-hydrogen) atoms. The van der Waals surface area contributed by atoms with E-state index in [2.05, 4.69) is 62.5 Å². The average Bonchev–Trinajstić information content (AvgIpc) is 3.21. The summed E-state index contributed by atoms with van der Waals surface area (Å²) >= 11 is 0. The number of aliphatic hydroxyl groups is 4. The van der Waals surface area contributed by atoms with Gasteiger partial charge in [-0.1, -0.05) is 159 Å². The quantitative estimate of drug-likeness (QED) is 0.0271. The van der Waals surface area contributed by atoms with Crippen LogP contribution < -0.4 is 0 Å². The van der Waals surface area contributed by atoms with Gasteiger partial charge in [-0.3, -0.25) is 9.59 Å². The predicted molar refractivity (Wildman–Crippen MR) is 229 cm³/mol. The third-order valence-corrected chi connectivity index (χ3v) is 10.2. The van der Waals surface area contributed by atoms with Gasteiger partial charge in [0.1, 0.15) is 31.0 Å². The minimum atomic E-state index is -1.60. The normalized spacial score (nSPS) is 20.7. The van der Waals surface area contributed by atoms with Gasteiger partial charge in [0.25, 0.3) is 0 Å². The van der Waals surface area contributed by atoms with E-state index in [1.54, 1.807) is 0 Å². The van der Waals surface area contributed by atoms with Gasteiger partial charge in [0.05, 0.1) is 13.2 Å². The Morgan fingerprint density at radius 1 is 0.544 bits per heavy atom. The van der Waals surface area contributed by atoms with Gasteiger partial charge in [0.15, 0.2) is 12.4 Å². The third kappa shape index (κ3) is 29.5. The van der Waals surface area contributed by atoms with Crippen LogP contribution in [0, 0.1) is 0 Å². The number of allylic oxidation sites excluding steroid dienone is 8. The highest BCUT2D eigenvalue weighted by molar-refractivity contribution is 5.70. The highest BCUT2D eigenvalue weighted by atomic mass is 16.7. The summed E-state index contributed by atoms with van der Waals surface area (Å²) in [5.41, 5.74) is 0. The molecule has 1 fully saturated rings. The minimum Gasteiger partial charge on any atom is -0.462 e. The summed E-state index contributed by atoms with van der Waals surface area (Å²) in [5, 5.41) is 40.1. The SMILES string of the molecule is CCCCC/C=C/C/C=C/C/C=C/C/C=C/CCCCCC(=O)OC[C@@H](CO[C@H]1O[C@@H](CO)[C@@H](O)C(O)C1O)OC(=O)CCCCCCCCCCCCCCC. The van der Waals surface area contributed by atoms with E-state index in [1.807, 2.05) is 0 Å². The van der Waals surface area contributed by atoms with Gasteiger partial charge in [0.2, 0.25) is 0 Å². The topological polar surface area (TPSA) is 152 Å². The number of esters is 2. The number of hydrogen-bond acceptors (Lipinski definition) is 10. The summed E-state index contributed by atoms with van der Waals surface area (Å²) in [4.78, 5) is 25.3. The van der Waals surface area contributed by atoms with E-state index in [4.69, 9.17) is 18.9 Å². The van der Waals surface area contributed by atoms with Crippen molar-refractivity contribution in [2.24, 2.45) is 0 Å². The maximum Gasteiger partial charge on any atom is 0.306 e. The molecule has 2 unspecified atom stereocenters. The van der Waals surface area contributed by atoms with E-state index in [0.29, 0.717) is 12.8 Å². The molecule has 1 aliphatic heterocycles. The third-order valence-electron chi connectivity index (χ3n) is 10.2. The molecule has 0 aromatic carbocycles. The van der Waals surface area contributed by atoms with Crippen molar-refractivity contribution in [3.8, 4) is 0 Å². The molecule has 10 nitrogen and oxygen atoms in total. The Labute approximate surface area is 346 Å². The fraction of sp³-hybridized carbons (Fsp3) is 0.787. The van der Waals surface area contributed by atoms with Crippen LogP contribution >= 0.6 is 0 Å². The lowest BCUT2D eigenvalue weighted by molar-refractivity contribution is -0.305. The zero-order valence-electron chi connectivity index (χ0n) is 35.8. The van der Waals surface area contributed by atoms with Crippen molar-refractivity contribution in [1.29, 1.82) is 0 Å². The zero-order valence-corrected chi connectivity index (χ0v) is 35.8. The first-order valence-corrected chi connectivity index (χ1v) is 22.7. The molecule has 0 amide bonds. The van der Waals surface area contributed by atoms with Crippen LogP contribution in [0.15, 0.2) is 48.6 Å². The van der Waals surface area contributed by atoms with Crippen LogP contribution in [-0.4, -0.2) is 89.0 Å². The Balaban J connectivity index is 2.35. The number of aliphatic hydroxyl groups excluding tert-OH is 4. The second-order valence-corrected chi connectivity index (χ2v) is 15.5. The summed E-state index contributed by atoms with van der Waals surface area (Å²) in [6.45, 7) is 3.36. The predicted octanol–water partition coefficient (Wildman–Crippen LogP) is 9.67. The Kier molecular flexibility index (Phi) is 35.0. The molecule has 1 heterocycles. The van der Waals surface area contributed by atoms with Crippen molar-refractivity contribution in [1.82, 2.24) is 0 Å². The Morgan fingerprint density at radius 3 is 1.51 bits per heavy atom. The van der Waals surface area contributed by atoms with Crippen LogP contribution in [0.4, 0.5) is 0 Å². The standard InChI is InChI=1S/C47H82O10/c1-3-5-7-9-11-13-15-17-18-19-20-21-22-24-25-27-29-31-33-35-42(49)54-38-40(39-55-47-46(53)45(52)44(51)41(37-48)57-47)56-43(50)36-34-32-30-28-26-23-16-14-12-10-8-6-4-2/h11,13,17-18,20-21,24-25,40-41,44-48,51-53H,3-10,12,14-16,19,22-23,26-39H2,1-2H3/b13-11+,18-17+,21-20+,25-24+/t40-,41-,44+,45?,46?,47-/m0/s1. The zero-order chi connectivity index (χ0) is 41.6. The van der Waals surface area contributed by atoms with Gasteiger partial charge >= 0.3 is 11.9 Å². The highest BCUT2D eigenvalue weighted by Gasteiger charge is 2.44. The second kappa shape index (κ2) is 37.9. The molecule has 0 saturated carbocycles. The van der Waals surface area contributed by atoms with Crippen LogP contribution in [0.5, 0.6) is 0 Å². The minimum absolute atomic E-state index is 0.224. The molecular weight excluding hydrogens is 725 g/mol. The Bertz CT molecular complexity index is 1070. The number of carbonyl (C=O) groups excluding carboxylic acids is 2. The van der Waals surface area contributed by atoms with E-state index in [9.17, 15) is 30.0 Å². The van der Waals surface area contributed by atoms with E-state index in [1.165, 1.54) is 83.5 Å². The molecule has 0 aliphatic carbocycles. The lowest BCUT2D eigenvalue weighted by Crippen LogP contribution is -2.59. The molecule has 0 radical (unpaired) electrons. The molecular formula is C47H82O10. The molecule has 1 aliphatic rings. The molecule has 330 valence electrons. The van der Waals surface area contributed by atoms with Crippen LogP contribution in [-0.2, 0) is 28.5 Å². The molecule has 10 heteroatoms. The summed E-state index contributed by atoms with van der Waals surface area (Å²) in [6.07, 6.45) is 36.8. The molecule has 0 aromatic rings. The Hall–Kier alpha value is -2.34. The van der Waals surface area contributed by atoms with Crippen molar-refractivity contribution in [2.45, 2.75) is 218 Å². The molecule has 1 rings (SSSR count). The Morgan fingerprint density at radius 2 is 0.982 bits per heavy atom. The smallest absolute Gasteiger partial charge is 0.306 e. The van der Waals surface area contributed by atoms with E-state index >= 15 is 0 Å². The van der Waals surface area contributed by atoms with Crippen molar-refractivity contribution >= 4 is 11.9 Å². The lowest BCUT2D eigenvalue weighted by Gasteiger charge is -2.39. The van der Waals surface area contributed by atoms with E-state index in [0.717, 1.165) is 57.8 Å². The summed E-state index contributed by atoms with van der Waals surface area (Å²) < 4.78 is 22.1. The van der Waals surface area contributed by atoms with E-state index < -0.39 is 55.4 Å². The number of hydrogen-bond donors (Lipinski definition) is 4. The van der Waals surface area contributed by atoms with Crippen LogP contribution in [0.3, 0.4) is 0 Å². The van der Waals surface area contributed by atoms with Crippen molar-refractivity contribution in [2.75, 3.05) is 19.8 Å². The fourth-order valence-electron chi connectivity index (χ4n) is 6.58. The molecule has 6 atom stereocenters. The summed E-state index contributed by atoms with van der Waals surface area (Å²) in [5.74, 6) is -0.841. The monoisotopic (exact) mass is 807 g/mol. The highest BCUT2D eigenvalue weighted by Crippen LogP contribution is 2.22. The molecule has 0 bridgehead atoms. The van der Waals surface area contributed by atoms with Gasteiger partial charge in [-0.25, -0.2) is 0 Å². The number of carbonyl (C=O) groups is 2. The first-order valence-electron chi connectivity index (χ1n) is 22.7. The van der Waals surface area contributed by atoms with Crippen molar-refractivity contribution < 1.29 is 49.0 Å². The first-order chi connectivity index (χ1) is 27.8. The summed E-state index contributed by atoms with van der Waals surface area (Å²) in [6, 6.07) is 0. The van der Waals surface area contributed by atoms with Crippen LogP contribution in [0.1, 0.15) is 181 Å². The fourth-order valence-corrected chi connectivity index (χ4v) is 6.58. The molecule has 0 spiro atoms. The van der Waals surface area contributed by atoms with Gasteiger partial charge in [-0.2, -0.15) is 0 Å². The maximum absolute atomic E-state index is 12.8. The number of rotatable bonds is 37. The largest absolute Gasteiger partial charge is 0.462 e. The summed E-state index contributed by atoms with van der Waals surface area (Å²) in [7, 11) is 0. The van der Waals surface area contributed by atoms with Gasteiger partial charge in [-0.05, 0) is 57.8 Å². The van der Waals surface area contributed by atoms with E-state index in [-0.39, 0.29) is 26.1 Å². The van der Waals surface area contributed by atoms with Crippen LogP contribution in [0.25, 0.3) is 0 Å². The average molecular weight is 807 g/mol. The van der Waals surface area contributed by atoms with Gasteiger partial charge in [0, 0.05) is 12.8 Å². The maximum atomic E-state index is 12.8. The molecule has 1 saturated heterocycles. The van der Waals surface area contributed by atoms with Crippen LogP contribution in [0.2, 0.25) is 0 Å². The first kappa shape index (κ1) is 52.7. The molecule has 0 aromatic heterocycles. The van der Waals surface area contributed by atoms with Gasteiger partial charge in [-0.15, -0.1) is 0 Å². The lowest BCUT2D eigenvalue weighted by atomic mass is 9.99. The molecule has 4 N–H and O–H groups in total. The number of unbranched alkanes of at least 4 members (excludes halogenated alkanes) is 18. The second-order valence-electron chi connectivity index (χ2n) is 15.5. The van der Waals surface area contributed by atoms with Gasteiger partial charge < -0.3 is 39.4 Å². The number of ether oxygens (including phenoxy) is 4.